The van der Waals surface area contributed by atoms with Crippen molar-refractivity contribution in [3.63, 3.8) is 0 Å². The third-order valence-corrected chi connectivity index (χ3v) is 6.58. The standard InChI is InChI=1S/C25H27FN6O3/c1-13-12-35-16(10-31(3)14(2)33)11-32(13)15-7-8-18-20(9-15)29-24(28-18)22-23(27)21-17(26)5-4-6-19(21)30-25(22)34/h4-9,13,16H,10-12H2,1-3H3,(H,28,29)(H3,27,30,34)/t13-,16-/m0/s1. The molecule has 5 rings (SSSR count). The Bertz CT molecular complexity index is 1500. The van der Waals surface area contributed by atoms with Gasteiger partial charge in [0.2, 0.25) is 5.91 Å². The molecule has 0 unspecified atom stereocenters. The number of nitrogen functional groups attached to an aromatic ring is 1. The van der Waals surface area contributed by atoms with Gasteiger partial charge in [-0.25, -0.2) is 9.37 Å². The number of ether oxygens (including phenoxy) is 1. The molecule has 3 heterocycles. The summed E-state index contributed by atoms with van der Waals surface area (Å²) in [6, 6.07) is 10.4. The summed E-state index contributed by atoms with van der Waals surface area (Å²) in [5.41, 5.74) is 8.61. The van der Waals surface area contributed by atoms with Gasteiger partial charge in [0.25, 0.3) is 5.56 Å². The predicted molar refractivity (Wildman–Crippen MR) is 134 cm³/mol. The molecule has 4 N–H and O–H groups in total. The summed E-state index contributed by atoms with van der Waals surface area (Å²) in [6.07, 6.45) is -0.114. The highest BCUT2D eigenvalue weighted by atomic mass is 19.1. The molecule has 0 aliphatic carbocycles. The highest BCUT2D eigenvalue weighted by Gasteiger charge is 2.28. The van der Waals surface area contributed by atoms with Crippen LogP contribution in [0.15, 0.2) is 41.2 Å². The van der Waals surface area contributed by atoms with Crippen LogP contribution in [0.4, 0.5) is 15.8 Å². The monoisotopic (exact) mass is 478 g/mol. The molecule has 4 aromatic rings. The van der Waals surface area contributed by atoms with Crippen LogP contribution in [-0.4, -0.2) is 64.6 Å². The molecule has 2 aromatic heterocycles. The number of H-pyrrole nitrogens is 2. The fourth-order valence-electron chi connectivity index (χ4n) is 4.58. The highest BCUT2D eigenvalue weighted by Crippen LogP contribution is 2.31. The number of nitrogens with one attached hydrogen (secondary N) is 2. The van der Waals surface area contributed by atoms with Crippen molar-refractivity contribution in [1.29, 1.82) is 0 Å². The first-order chi connectivity index (χ1) is 16.7. The molecule has 9 nitrogen and oxygen atoms in total. The minimum Gasteiger partial charge on any atom is -0.397 e. The molecule has 1 aliphatic heterocycles. The average Bonchev–Trinajstić information content (AvgIpc) is 3.22. The number of nitrogens with zero attached hydrogens (tertiary/aromatic N) is 3. The second-order valence-corrected chi connectivity index (χ2v) is 9.05. The van der Waals surface area contributed by atoms with E-state index in [2.05, 4.69) is 26.8 Å². The number of aromatic amines is 2. The normalized spacial score (nSPS) is 18.3. The van der Waals surface area contributed by atoms with Crippen LogP contribution >= 0.6 is 0 Å². The Kier molecular flexibility index (Phi) is 5.68. The maximum atomic E-state index is 14.5. The zero-order valence-corrected chi connectivity index (χ0v) is 19.8. The van der Waals surface area contributed by atoms with Gasteiger partial charge in [0.1, 0.15) is 17.2 Å². The van der Waals surface area contributed by atoms with Gasteiger partial charge >= 0.3 is 0 Å². The lowest BCUT2D eigenvalue weighted by molar-refractivity contribution is -0.129. The minimum absolute atomic E-state index is 0.00734. The van der Waals surface area contributed by atoms with Crippen LogP contribution in [0.1, 0.15) is 13.8 Å². The van der Waals surface area contributed by atoms with Crippen LogP contribution in [0, 0.1) is 5.82 Å². The molecule has 2 aromatic carbocycles. The zero-order valence-electron chi connectivity index (χ0n) is 19.8. The Morgan fingerprint density at radius 1 is 1.29 bits per heavy atom. The molecular formula is C25H27FN6O3. The van der Waals surface area contributed by atoms with Gasteiger partial charge in [0, 0.05) is 38.8 Å². The number of aromatic nitrogens is 3. The third kappa shape index (κ3) is 4.10. The first-order valence-corrected chi connectivity index (χ1v) is 11.4. The number of halogens is 1. The Balaban J connectivity index is 1.50. The molecule has 182 valence electrons. The molecule has 2 atom stereocenters. The highest BCUT2D eigenvalue weighted by molar-refractivity contribution is 5.98. The van der Waals surface area contributed by atoms with Gasteiger partial charge in [-0.15, -0.1) is 0 Å². The zero-order chi connectivity index (χ0) is 24.9. The molecule has 0 radical (unpaired) electrons. The fraction of sp³-hybridized carbons (Fsp3) is 0.320. The van der Waals surface area contributed by atoms with E-state index in [1.165, 1.54) is 19.1 Å². The van der Waals surface area contributed by atoms with Crippen LogP contribution in [0.2, 0.25) is 0 Å². The van der Waals surface area contributed by atoms with Crippen molar-refractivity contribution in [2.45, 2.75) is 26.0 Å². The Morgan fingerprint density at radius 2 is 2.09 bits per heavy atom. The average molecular weight is 479 g/mol. The van der Waals surface area contributed by atoms with E-state index in [0.29, 0.717) is 30.7 Å². The number of carbonyl (C=O) groups excluding carboxylic acids is 1. The molecule has 1 amide bonds. The second kappa shape index (κ2) is 8.70. The fourth-order valence-corrected chi connectivity index (χ4v) is 4.58. The van der Waals surface area contributed by atoms with E-state index >= 15 is 0 Å². The summed E-state index contributed by atoms with van der Waals surface area (Å²) in [5.74, 6) is -0.244. The summed E-state index contributed by atoms with van der Waals surface area (Å²) in [5, 5.41) is 0.159. The van der Waals surface area contributed by atoms with Crippen molar-refractivity contribution in [2.75, 3.05) is 37.4 Å². The maximum Gasteiger partial charge on any atom is 0.261 e. The summed E-state index contributed by atoms with van der Waals surface area (Å²) < 4.78 is 20.4. The van der Waals surface area contributed by atoms with Gasteiger partial charge in [0.05, 0.1) is 40.3 Å². The second-order valence-electron chi connectivity index (χ2n) is 9.05. The number of rotatable bonds is 4. The van der Waals surface area contributed by atoms with Gasteiger partial charge in [-0.05, 0) is 37.3 Å². The number of imidazole rings is 1. The quantitative estimate of drug-likeness (QED) is 0.415. The molecule has 0 spiro atoms. The summed E-state index contributed by atoms with van der Waals surface area (Å²) in [4.78, 5) is 38.8. The molecule has 35 heavy (non-hydrogen) atoms. The smallest absolute Gasteiger partial charge is 0.261 e. The van der Waals surface area contributed by atoms with Gasteiger partial charge < -0.3 is 30.2 Å². The van der Waals surface area contributed by atoms with E-state index in [9.17, 15) is 14.0 Å². The van der Waals surface area contributed by atoms with Crippen molar-refractivity contribution >= 4 is 39.2 Å². The van der Waals surface area contributed by atoms with E-state index in [0.717, 1.165) is 11.2 Å². The van der Waals surface area contributed by atoms with Crippen LogP contribution in [0.25, 0.3) is 33.3 Å². The van der Waals surface area contributed by atoms with Crippen molar-refractivity contribution in [3.8, 4) is 11.4 Å². The SMILES string of the molecule is CC(=O)N(C)C[C@H]1CN(c2ccc3[nH]c(-c4c(N)c5c(F)cccc5[nH]c4=O)nc3c2)[C@@H](C)CO1. The summed E-state index contributed by atoms with van der Waals surface area (Å²) in [6.45, 7) is 5.28. The Hall–Kier alpha value is -3.92. The van der Waals surface area contributed by atoms with Crippen LogP contribution in [0.3, 0.4) is 0 Å². The minimum atomic E-state index is -0.512. The molecule has 10 heteroatoms. The van der Waals surface area contributed by atoms with Gasteiger partial charge in [-0.2, -0.15) is 0 Å². The number of fused-ring (bicyclic) bond motifs is 2. The van der Waals surface area contributed by atoms with Gasteiger partial charge in [0.15, 0.2) is 0 Å². The number of benzene rings is 2. The number of hydrogen-bond donors (Lipinski definition) is 3. The maximum absolute atomic E-state index is 14.5. The number of carbonyl (C=O) groups is 1. The third-order valence-electron chi connectivity index (χ3n) is 6.58. The number of likely N-dealkylation sites (N-methyl/N-ethyl adjacent to an activating group) is 1. The number of hydrogen-bond acceptors (Lipinski definition) is 6. The van der Waals surface area contributed by atoms with E-state index in [1.807, 2.05) is 18.2 Å². The van der Waals surface area contributed by atoms with E-state index in [4.69, 9.17) is 10.5 Å². The Labute approximate surface area is 200 Å². The lowest BCUT2D eigenvalue weighted by atomic mass is 10.1. The lowest BCUT2D eigenvalue weighted by Gasteiger charge is -2.40. The van der Waals surface area contributed by atoms with Gasteiger partial charge in [-0.1, -0.05) is 6.07 Å². The molecular weight excluding hydrogens is 451 g/mol. The van der Waals surface area contributed by atoms with Crippen molar-refractivity contribution in [3.05, 3.63) is 52.6 Å². The van der Waals surface area contributed by atoms with E-state index < -0.39 is 11.4 Å². The lowest BCUT2D eigenvalue weighted by Crippen LogP contribution is -2.52. The molecule has 0 saturated carbocycles. The number of anilines is 2. The van der Waals surface area contributed by atoms with Gasteiger partial charge in [-0.3, -0.25) is 9.59 Å². The first-order valence-electron chi connectivity index (χ1n) is 11.4. The topological polar surface area (TPSA) is 120 Å². The van der Waals surface area contributed by atoms with Crippen molar-refractivity contribution in [2.24, 2.45) is 0 Å². The van der Waals surface area contributed by atoms with E-state index in [1.54, 1.807) is 18.0 Å². The molecule has 1 fully saturated rings. The largest absolute Gasteiger partial charge is 0.397 e. The van der Waals surface area contributed by atoms with Crippen LogP contribution in [-0.2, 0) is 9.53 Å². The first kappa shape index (κ1) is 22.9. The summed E-state index contributed by atoms with van der Waals surface area (Å²) >= 11 is 0. The van der Waals surface area contributed by atoms with E-state index in [-0.39, 0.29) is 40.5 Å². The molecule has 0 bridgehead atoms. The van der Waals surface area contributed by atoms with Crippen LogP contribution in [0.5, 0.6) is 0 Å². The number of pyridine rings is 1. The van der Waals surface area contributed by atoms with Crippen LogP contribution < -0.4 is 16.2 Å². The van der Waals surface area contributed by atoms with Crippen molar-refractivity contribution in [1.82, 2.24) is 19.9 Å². The molecule has 1 aliphatic rings. The Morgan fingerprint density at radius 3 is 2.86 bits per heavy atom. The molecule has 1 saturated heterocycles. The number of morpholine rings is 1. The summed E-state index contributed by atoms with van der Waals surface area (Å²) in [7, 11) is 1.76. The number of amides is 1. The predicted octanol–water partition coefficient (Wildman–Crippen LogP) is 2.86. The van der Waals surface area contributed by atoms with Crippen molar-refractivity contribution < 1.29 is 13.9 Å². The number of nitrogens with two attached hydrogens (primary N) is 1.